The van der Waals surface area contributed by atoms with Crippen molar-refractivity contribution in [1.29, 1.82) is 0 Å². The number of aromatic nitrogens is 2. The predicted octanol–water partition coefficient (Wildman–Crippen LogP) is 1.59. The standard InChI is InChI=1S/C13H16N2O4/c1-17-10-4-8(5-11(18-2)12(10)19-3)13-14-6-9(7-16)15-13/h4-6,16H,7H2,1-3H3,(H,14,15). The zero-order valence-electron chi connectivity index (χ0n) is 11.1. The van der Waals surface area contributed by atoms with E-state index in [0.29, 0.717) is 28.8 Å². The maximum Gasteiger partial charge on any atom is 0.203 e. The molecule has 2 rings (SSSR count). The second kappa shape index (κ2) is 5.62. The Morgan fingerprint density at radius 1 is 1.11 bits per heavy atom. The Hall–Kier alpha value is -2.21. The van der Waals surface area contributed by atoms with Gasteiger partial charge in [-0.1, -0.05) is 0 Å². The van der Waals surface area contributed by atoms with Crippen LogP contribution in [0.25, 0.3) is 11.4 Å². The molecule has 0 fully saturated rings. The first kappa shape index (κ1) is 13.2. The van der Waals surface area contributed by atoms with E-state index in [1.807, 2.05) is 0 Å². The summed E-state index contributed by atoms with van der Waals surface area (Å²) >= 11 is 0. The third-order valence-electron chi connectivity index (χ3n) is 2.74. The Labute approximate surface area is 111 Å². The number of aliphatic hydroxyl groups excluding tert-OH is 1. The van der Waals surface area contributed by atoms with Crippen molar-refractivity contribution in [2.45, 2.75) is 6.61 Å². The SMILES string of the molecule is COc1cc(-c2ncc(CO)[nH]2)cc(OC)c1OC. The molecular formula is C13H16N2O4. The molecule has 0 atom stereocenters. The molecule has 0 saturated heterocycles. The van der Waals surface area contributed by atoms with E-state index >= 15 is 0 Å². The summed E-state index contributed by atoms with van der Waals surface area (Å²) in [6.07, 6.45) is 1.58. The topological polar surface area (TPSA) is 76.6 Å². The molecule has 0 bridgehead atoms. The Kier molecular flexibility index (Phi) is 3.91. The van der Waals surface area contributed by atoms with E-state index in [4.69, 9.17) is 19.3 Å². The molecule has 0 saturated carbocycles. The number of ether oxygens (including phenoxy) is 3. The molecular weight excluding hydrogens is 248 g/mol. The molecule has 6 nitrogen and oxygen atoms in total. The second-order valence-corrected chi connectivity index (χ2v) is 3.83. The van der Waals surface area contributed by atoms with Crippen LogP contribution in [0.3, 0.4) is 0 Å². The van der Waals surface area contributed by atoms with Gasteiger partial charge in [0, 0.05) is 5.56 Å². The van der Waals surface area contributed by atoms with Crippen molar-refractivity contribution >= 4 is 0 Å². The summed E-state index contributed by atoms with van der Waals surface area (Å²) in [5, 5.41) is 9.04. The van der Waals surface area contributed by atoms with Crippen molar-refractivity contribution in [2.24, 2.45) is 0 Å². The average Bonchev–Trinajstić information content (AvgIpc) is 2.94. The summed E-state index contributed by atoms with van der Waals surface area (Å²) < 4.78 is 15.8. The smallest absolute Gasteiger partial charge is 0.203 e. The molecule has 19 heavy (non-hydrogen) atoms. The first-order valence-electron chi connectivity index (χ1n) is 5.68. The lowest BCUT2D eigenvalue weighted by atomic mass is 10.1. The second-order valence-electron chi connectivity index (χ2n) is 3.83. The van der Waals surface area contributed by atoms with E-state index in [0.717, 1.165) is 5.56 Å². The number of hydrogen-bond donors (Lipinski definition) is 2. The molecule has 0 unspecified atom stereocenters. The van der Waals surface area contributed by atoms with Gasteiger partial charge in [-0.25, -0.2) is 4.98 Å². The zero-order valence-corrected chi connectivity index (χ0v) is 11.1. The van der Waals surface area contributed by atoms with Crippen molar-refractivity contribution in [3.63, 3.8) is 0 Å². The largest absolute Gasteiger partial charge is 0.493 e. The number of nitrogens with zero attached hydrogens (tertiary/aromatic N) is 1. The Morgan fingerprint density at radius 3 is 2.16 bits per heavy atom. The van der Waals surface area contributed by atoms with Gasteiger partial charge >= 0.3 is 0 Å². The maximum atomic E-state index is 9.04. The summed E-state index contributed by atoms with van der Waals surface area (Å²) in [5.41, 5.74) is 1.43. The summed E-state index contributed by atoms with van der Waals surface area (Å²) in [5.74, 6) is 2.27. The van der Waals surface area contributed by atoms with Crippen LogP contribution in [0.5, 0.6) is 17.2 Å². The highest BCUT2D eigenvalue weighted by Crippen LogP contribution is 2.40. The first-order chi connectivity index (χ1) is 9.23. The van der Waals surface area contributed by atoms with Gasteiger partial charge in [-0.05, 0) is 12.1 Å². The third-order valence-corrected chi connectivity index (χ3v) is 2.74. The van der Waals surface area contributed by atoms with Gasteiger partial charge in [0.1, 0.15) is 5.82 Å². The highest BCUT2D eigenvalue weighted by atomic mass is 16.5. The van der Waals surface area contributed by atoms with Crippen LogP contribution >= 0.6 is 0 Å². The lowest BCUT2D eigenvalue weighted by Crippen LogP contribution is -1.96. The number of H-pyrrole nitrogens is 1. The zero-order chi connectivity index (χ0) is 13.8. The quantitative estimate of drug-likeness (QED) is 0.857. The number of nitrogens with one attached hydrogen (secondary N) is 1. The van der Waals surface area contributed by atoms with Crippen molar-refractivity contribution in [1.82, 2.24) is 9.97 Å². The Balaban J connectivity index is 2.51. The Morgan fingerprint density at radius 2 is 1.74 bits per heavy atom. The van der Waals surface area contributed by atoms with E-state index in [1.165, 1.54) is 0 Å². The predicted molar refractivity (Wildman–Crippen MR) is 69.6 cm³/mol. The summed E-state index contributed by atoms with van der Waals surface area (Å²) in [6.45, 7) is -0.0859. The van der Waals surface area contributed by atoms with Crippen molar-refractivity contribution in [2.75, 3.05) is 21.3 Å². The highest BCUT2D eigenvalue weighted by molar-refractivity contribution is 5.66. The molecule has 0 aliphatic rings. The first-order valence-corrected chi connectivity index (χ1v) is 5.68. The van der Waals surface area contributed by atoms with Gasteiger partial charge in [-0.3, -0.25) is 0 Å². The highest BCUT2D eigenvalue weighted by Gasteiger charge is 2.15. The number of aromatic amines is 1. The van der Waals surface area contributed by atoms with E-state index in [1.54, 1.807) is 39.7 Å². The van der Waals surface area contributed by atoms with Gasteiger partial charge in [-0.2, -0.15) is 0 Å². The molecule has 2 aromatic rings. The summed E-state index contributed by atoms with van der Waals surface area (Å²) in [4.78, 5) is 7.20. The number of methoxy groups -OCH3 is 3. The Bertz CT molecular complexity index is 541. The molecule has 0 radical (unpaired) electrons. The fourth-order valence-electron chi connectivity index (χ4n) is 1.80. The van der Waals surface area contributed by atoms with Crippen LogP contribution in [0.4, 0.5) is 0 Å². The monoisotopic (exact) mass is 264 g/mol. The number of imidazole rings is 1. The number of benzene rings is 1. The fourth-order valence-corrected chi connectivity index (χ4v) is 1.80. The lowest BCUT2D eigenvalue weighted by molar-refractivity contribution is 0.277. The van der Waals surface area contributed by atoms with E-state index in [2.05, 4.69) is 9.97 Å². The van der Waals surface area contributed by atoms with Gasteiger partial charge in [0.25, 0.3) is 0 Å². The molecule has 0 spiro atoms. The van der Waals surface area contributed by atoms with E-state index in [-0.39, 0.29) is 6.61 Å². The van der Waals surface area contributed by atoms with Crippen molar-refractivity contribution in [3.05, 3.63) is 24.0 Å². The van der Waals surface area contributed by atoms with Crippen molar-refractivity contribution in [3.8, 4) is 28.6 Å². The van der Waals surface area contributed by atoms with E-state index < -0.39 is 0 Å². The van der Waals surface area contributed by atoms with Gasteiger partial charge in [-0.15, -0.1) is 0 Å². The minimum atomic E-state index is -0.0859. The minimum absolute atomic E-state index is 0.0859. The van der Waals surface area contributed by atoms with Crippen LogP contribution in [0.1, 0.15) is 5.69 Å². The number of hydrogen-bond acceptors (Lipinski definition) is 5. The molecule has 1 aromatic carbocycles. The minimum Gasteiger partial charge on any atom is -0.493 e. The maximum absolute atomic E-state index is 9.04. The van der Waals surface area contributed by atoms with Crippen molar-refractivity contribution < 1.29 is 19.3 Å². The van der Waals surface area contributed by atoms with Gasteiger partial charge in [0.05, 0.1) is 39.8 Å². The van der Waals surface area contributed by atoms with Crippen LogP contribution in [0, 0.1) is 0 Å². The average molecular weight is 264 g/mol. The van der Waals surface area contributed by atoms with Gasteiger partial charge < -0.3 is 24.3 Å². The fraction of sp³-hybridized carbons (Fsp3) is 0.308. The lowest BCUT2D eigenvalue weighted by Gasteiger charge is -2.13. The molecule has 0 amide bonds. The number of rotatable bonds is 5. The van der Waals surface area contributed by atoms with Crippen LogP contribution in [0.2, 0.25) is 0 Å². The molecule has 6 heteroatoms. The summed E-state index contributed by atoms with van der Waals surface area (Å²) in [7, 11) is 4.67. The van der Waals surface area contributed by atoms with Gasteiger partial charge in [0.2, 0.25) is 5.75 Å². The van der Waals surface area contributed by atoms with Crippen LogP contribution in [-0.4, -0.2) is 36.4 Å². The van der Waals surface area contributed by atoms with Gasteiger partial charge in [0.15, 0.2) is 11.5 Å². The third kappa shape index (κ3) is 2.48. The molecule has 0 aliphatic carbocycles. The molecule has 0 aliphatic heterocycles. The van der Waals surface area contributed by atoms with Crippen LogP contribution < -0.4 is 14.2 Å². The number of aliphatic hydroxyl groups is 1. The van der Waals surface area contributed by atoms with Crippen LogP contribution in [0.15, 0.2) is 18.3 Å². The normalized spacial score (nSPS) is 10.3. The molecule has 102 valence electrons. The van der Waals surface area contributed by atoms with Crippen LogP contribution in [-0.2, 0) is 6.61 Å². The molecule has 2 N–H and O–H groups in total. The molecule has 1 heterocycles. The van der Waals surface area contributed by atoms with E-state index in [9.17, 15) is 0 Å². The molecule has 1 aromatic heterocycles. The summed E-state index contributed by atoms with van der Waals surface area (Å²) in [6, 6.07) is 3.59.